The van der Waals surface area contributed by atoms with Gasteiger partial charge in [-0.15, -0.1) is 0 Å². The Kier molecular flexibility index (Phi) is 9.92. The van der Waals surface area contributed by atoms with Gasteiger partial charge in [0.15, 0.2) is 0 Å². The minimum atomic E-state index is -0.311. The summed E-state index contributed by atoms with van der Waals surface area (Å²) < 4.78 is 0. The average molecular weight is 296 g/mol. The molecule has 0 aromatic rings. The third-order valence-corrected chi connectivity index (χ3v) is 4.13. The minimum Gasteiger partial charge on any atom is -0.354 e. The molecule has 122 valence electrons. The summed E-state index contributed by atoms with van der Waals surface area (Å²) in [5, 5.41) is 5.72. The summed E-state index contributed by atoms with van der Waals surface area (Å²) in [4.78, 5) is 23.6. The van der Waals surface area contributed by atoms with Crippen LogP contribution in [0.5, 0.6) is 0 Å². The van der Waals surface area contributed by atoms with Gasteiger partial charge in [0.2, 0.25) is 11.8 Å². The van der Waals surface area contributed by atoms with Crippen LogP contribution < -0.4 is 10.6 Å². The lowest BCUT2D eigenvalue weighted by Gasteiger charge is -2.15. The Bertz CT molecular complexity index is 305. The van der Waals surface area contributed by atoms with E-state index in [1.807, 2.05) is 0 Å². The number of amides is 2. The SMILES string of the molecule is CCCCCCCCCCC(=O)N[C@H]1CCCCNC1=O. The summed E-state index contributed by atoms with van der Waals surface area (Å²) in [6.45, 7) is 2.97. The summed E-state index contributed by atoms with van der Waals surface area (Å²) in [5.41, 5.74) is 0. The first kappa shape index (κ1) is 18.0. The van der Waals surface area contributed by atoms with Crippen LogP contribution in [-0.4, -0.2) is 24.4 Å². The number of carbonyl (C=O) groups excluding carboxylic acids is 2. The molecule has 21 heavy (non-hydrogen) atoms. The second-order valence-corrected chi connectivity index (χ2v) is 6.13. The Balaban J connectivity index is 2.01. The summed E-state index contributed by atoms with van der Waals surface area (Å²) >= 11 is 0. The second kappa shape index (κ2) is 11.6. The molecule has 2 N–H and O–H groups in total. The normalized spacial score (nSPS) is 18.9. The third kappa shape index (κ3) is 8.74. The highest BCUT2D eigenvalue weighted by atomic mass is 16.2. The summed E-state index contributed by atoms with van der Waals surface area (Å²) in [6, 6.07) is -0.311. The summed E-state index contributed by atoms with van der Waals surface area (Å²) in [6.07, 6.45) is 13.2. The maximum Gasteiger partial charge on any atom is 0.242 e. The summed E-state index contributed by atoms with van der Waals surface area (Å²) in [7, 11) is 0. The van der Waals surface area contributed by atoms with E-state index in [1.165, 1.54) is 38.5 Å². The average Bonchev–Trinajstić information content (AvgIpc) is 2.67. The molecule has 0 saturated carbocycles. The van der Waals surface area contributed by atoms with Crippen molar-refractivity contribution in [3.05, 3.63) is 0 Å². The number of unbranched alkanes of at least 4 members (excludes halogenated alkanes) is 7. The van der Waals surface area contributed by atoms with E-state index in [9.17, 15) is 9.59 Å². The van der Waals surface area contributed by atoms with E-state index >= 15 is 0 Å². The quantitative estimate of drug-likeness (QED) is 0.608. The van der Waals surface area contributed by atoms with E-state index in [1.54, 1.807) is 0 Å². The lowest BCUT2D eigenvalue weighted by Crippen LogP contribution is -2.45. The van der Waals surface area contributed by atoms with Gasteiger partial charge in [0, 0.05) is 13.0 Å². The van der Waals surface area contributed by atoms with Crippen molar-refractivity contribution in [3.63, 3.8) is 0 Å². The molecule has 1 heterocycles. The van der Waals surface area contributed by atoms with E-state index in [2.05, 4.69) is 17.6 Å². The fraction of sp³-hybridized carbons (Fsp3) is 0.882. The second-order valence-electron chi connectivity index (χ2n) is 6.13. The largest absolute Gasteiger partial charge is 0.354 e. The monoisotopic (exact) mass is 296 g/mol. The maximum absolute atomic E-state index is 11.9. The van der Waals surface area contributed by atoms with Crippen LogP contribution in [0.25, 0.3) is 0 Å². The van der Waals surface area contributed by atoms with Gasteiger partial charge in [-0.25, -0.2) is 0 Å². The van der Waals surface area contributed by atoms with Crippen molar-refractivity contribution in [3.8, 4) is 0 Å². The zero-order valence-electron chi connectivity index (χ0n) is 13.6. The molecule has 1 saturated heterocycles. The highest BCUT2D eigenvalue weighted by Crippen LogP contribution is 2.10. The molecule has 1 fully saturated rings. The van der Waals surface area contributed by atoms with E-state index in [0.717, 1.165) is 38.6 Å². The van der Waals surface area contributed by atoms with Crippen molar-refractivity contribution in [1.82, 2.24) is 10.6 Å². The molecule has 1 aliphatic heterocycles. The molecule has 0 radical (unpaired) electrons. The lowest BCUT2D eigenvalue weighted by molar-refractivity contribution is -0.128. The molecule has 1 atom stereocenters. The Morgan fingerprint density at radius 2 is 1.76 bits per heavy atom. The molecular formula is C17H32N2O2. The predicted octanol–water partition coefficient (Wildman–Crippen LogP) is 3.30. The zero-order valence-corrected chi connectivity index (χ0v) is 13.6. The van der Waals surface area contributed by atoms with Crippen LogP contribution in [0.2, 0.25) is 0 Å². The Morgan fingerprint density at radius 3 is 2.48 bits per heavy atom. The molecule has 0 aromatic carbocycles. The van der Waals surface area contributed by atoms with Crippen molar-refractivity contribution < 1.29 is 9.59 Å². The lowest BCUT2D eigenvalue weighted by atomic mass is 10.1. The zero-order chi connectivity index (χ0) is 15.3. The van der Waals surface area contributed by atoms with E-state index in [0.29, 0.717) is 6.42 Å². The summed E-state index contributed by atoms with van der Waals surface area (Å²) in [5.74, 6) is 0.0137. The Labute approximate surface area is 129 Å². The molecule has 2 amide bonds. The van der Waals surface area contributed by atoms with Gasteiger partial charge < -0.3 is 10.6 Å². The smallest absolute Gasteiger partial charge is 0.242 e. The van der Waals surface area contributed by atoms with Crippen LogP contribution >= 0.6 is 0 Å². The highest BCUT2D eigenvalue weighted by Gasteiger charge is 2.21. The van der Waals surface area contributed by atoms with Crippen LogP contribution in [0.15, 0.2) is 0 Å². The van der Waals surface area contributed by atoms with Crippen LogP contribution in [-0.2, 0) is 9.59 Å². The first-order valence-electron chi connectivity index (χ1n) is 8.81. The van der Waals surface area contributed by atoms with Crippen LogP contribution in [0, 0.1) is 0 Å². The van der Waals surface area contributed by atoms with Crippen molar-refractivity contribution in [1.29, 1.82) is 0 Å². The van der Waals surface area contributed by atoms with Gasteiger partial charge in [0.25, 0.3) is 0 Å². The van der Waals surface area contributed by atoms with E-state index in [-0.39, 0.29) is 17.9 Å². The van der Waals surface area contributed by atoms with Crippen LogP contribution in [0.1, 0.15) is 84.0 Å². The number of nitrogens with one attached hydrogen (secondary N) is 2. The van der Waals surface area contributed by atoms with E-state index in [4.69, 9.17) is 0 Å². The first-order valence-corrected chi connectivity index (χ1v) is 8.81. The van der Waals surface area contributed by atoms with Gasteiger partial charge in [-0.05, 0) is 25.7 Å². The topological polar surface area (TPSA) is 58.2 Å². The Hall–Kier alpha value is -1.06. The first-order chi connectivity index (χ1) is 10.2. The van der Waals surface area contributed by atoms with Crippen molar-refractivity contribution in [2.45, 2.75) is 90.0 Å². The van der Waals surface area contributed by atoms with Gasteiger partial charge >= 0.3 is 0 Å². The number of hydrogen-bond acceptors (Lipinski definition) is 2. The number of rotatable bonds is 10. The standard InChI is InChI=1S/C17H32N2O2/c1-2-3-4-5-6-7-8-9-13-16(20)19-15-12-10-11-14-18-17(15)21/h15H,2-14H2,1H3,(H,18,21)(H,19,20)/t15-/m0/s1. The van der Waals surface area contributed by atoms with Crippen molar-refractivity contribution >= 4 is 11.8 Å². The minimum absolute atomic E-state index is 0.0169. The van der Waals surface area contributed by atoms with Gasteiger partial charge in [-0.3, -0.25) is 9.59 Å². The van der Waals surface area contributed by atoms with Crippen molar-refractivity contribution in [2.75, 3.05) is 6.54 Å². The van der Waals surface area contributed by atoms with Crippen molar-refractivity contribution in [2.24, 2.45) is 0 Å². The molecule has 1 rings (SSSR count). The number of carbonyl (C=O) groups is 2. The fourth-order valence-corrected chi connectivity index (χ4v) is 2.76. The maximum atomic E-state index is 11.9. The molecule has 0 unspecified atom stereocenters. The van der Waals surface area contributed by atoms with Crippen LogP contribution in [0.4, 0.5) is 0 Å². The molecule has 4 heteroatoms. The predicted molar refractivity (Wildman–Crippen MR) is 86.0 cm³/mol. The van der Waals surface area contributed by atoms with Gasteiger partial charge in [-0.1, -0.05) is 51.9 Å². The molecular weight excluding hydrogens is 264 g/mol. The fourth-order valence-electron chi connectivity index (χ4n) is 2.76. The third-order valence-electron chi connectivity index (χ3n) is 4.13. The van der Waals surface area contributed by atoms with Gasteiger partial charge in [-0.2, -0.15) is 0 Å². The van der Waals surface area contributed by atoms with Gasteiger partial charge in [0.1, 0.15) is 6.04 Å². The molecule has 0 bridgehead atoms. The van der Waals surface area contributed by atoms with Crippen LogP contribution in [0.3, 0.4) is 0 Å². The molecule has 4 nitrogen and oxygen atoms in total. The highest BCUT2D eigenvalue weighted by molar-refractivity contribution is 5.87. The molecule has 0 aliphatic carbocycles. The van der Waals surface area contributed by atoms with E-state index < -0.39 is 0 Å². The Morgan fingerprint density at radius 1 is 1.10 bits per heavy atom. The van der Waals surface area contributed by atoms with Gasteiger partial charge in [0.05, 0.1) is 0 Å². The molecule has 0 spiro atoms. The number of hydrogen-bond donors (Lipinski definition) is 2. The molecule has 0 aromatic heterocycles. The molecule has 1 aliphatic rings.